The molecule has 0 spiro atoms. The van der Waals surface area contributed by atoms with Crippen molar-refractivity contribution in [2.24, 2.45) is 11.1 Å². The quantitative estimate of drug-likeness (QED) is 0.769. The van der Waals surface area contributed by atoms with Crippen LogP contribution in [0.5, 0.6) is 0 Å². The number of Topliss-reactive ketones (excluding diaryl/α,β-unsaturated/α-hetero) is 1. The Morgan fingerprint density at radius 2 is 2.13 bits per heavy atom. The summed E-state index contributed by atoms with van der Waals surface area (Å²) in [6.45, 7) is 9.91. The molecule has 0 aromatic carbocycles. The molecule has 1 aliphatic rings. The highest BCUT2D eigenvalue weighted by atomic mass is 16.1. The Morgan fingerprint density at radius 3 is 2.47 bits per heavy atom. The second-order valence-corrected chi connectivity index (χ2v) is 5.58. The lowest BCUT2D eigenvalue weighted by Gasteiger charge is -2.30. The van der Waals surface area contributed by atoms with Gasteiger partial charge in [-0.25, -0.2) is 0 Å². The van der Waals surface area contributed by atoms with E-state index in [9.17, 15) is 4.79 Å². The van der Waals surface area contributed by atoms with Crippen molar-refractivity contribution in [1.29, 1.82) is 0 Å². The van der Waals surface area contributed by atoms with Crippen molar-refractivity contribution < 1.29 is 4.79 Å². The molecule has 15 heavy (non-hydrogen) atoms. The van der Waals surface area contributed by atoms with E-state index in [1.165, 1.54) is 0 Å². The van der Waals surface area contributed by atoms with E-state index in [1.54, 1.807) is 0 Å². The van der Waals surface area contributed by atoms with Crippen LogP contribution in [0.15, 0.2) is 0 Å². The maximum Gasteiger partial charge on any atom is 0.155 e. The lowest BCUT2D eigenvalue weighted by atomic mass is 9.85. The van der Waals surface area contributed by atoms with Gasteiger partial charge in [-0.05, 0) is 12.8 Å². The molecule has 0 aromatic rings. The first-order valence-electron chi connectivity index (χ1n) is 5.90. The highest BCUT2D eigenvalue weighted by Gasteiger charge is 2.35. The summed E-state index contributed by atoms with van der Waals surface area (Å²) in [6.07, 6.45) is 1.91. The molecule has 0 amide bonds. The first-order valence-corrected chi connectivity index (χ1v) is 5.90. The second-order valence-electron chi connectivity index (χ2n) is 5.58. The third-order valence-corrected chi connectivity index (χ3v) is 3.13. The van der Waals surface area contributed by atoms with Crippen LogP contribution in [-0.4, -0.2) is 35.9 Å². The standard InChI is InChI=1S/C12H24N2O/c1-5-10(11(15)12(2,3)4)14-7-6-9(13)8-14/h9-10H,5-8,13H2,1-4H3. The summed E-state index contributed by atoms with van der Waals surface area (Å²) in [4.78, 5) is 14.5. The number of rotatable bonds is 3. The monoisotopic (exact) mass is 212 g/mol. The zero-order valence-electron chi connectivity index (χ0n) is 10.4. The summed E-state index contributed by atoms with van der Waals surface area (Å²) in [5.41, 5.74) is 5.63. The summed E-state index contributed by atoms with van der Waals surface area (Å²) >= 11 is 0. The largest absolute Gasteiger partial charge is 0.326 e. The van der Waals surface area contributed by atoms with Crippen LogP contribution in [0.3, 0.4) is 0 Å². The molecule has 0 aliphatic carbocycles. The molecule has 2 N–H and O–H groups in total. The van der Waals surface area contributed by atoms with E-state index in [2.05, 4.69) is 11.8 Å². The molecule has 2 atom stereocenters. The third kappa shape index (κ3) is 3.02. The normalized spacial score (nSPS) is 25.5. The van der Waals surface area contributed by atoms with E-state index in [0.29, 0.717) is 5.78 Å². The van der Waals surface area contributed by atoms with Crippen molar-refractivity contribution >= 4 is 5.78 Å². The van der Waals surface area contributed by atoms with Crippen LogP contribution in [0.2, 0.25) is 0 Å². The Bertz CT molecular complexity index is 232. The number of hydrogen-bond donors (Lipinski definition) is 1. The summed E-state index contributed by atoms with van der Waals surface area (Å²) in [7, 11) is 0. The molecule has 88 valence electrons. The number of carbonyl (C=O) groups excluding carboxylic acids is 1. The minimum absolute atomic E-state index is 0.0681. The highest BCUT2D eigenvalue weighted by molar-refractivity contribution is 5.88. The van der Waals surface area contributed by atoms with Gasteiger partial charge in [0.05, 0.1) is 6.04 Å². The van der Waals surface area contributed by atoms with Crippen molar-refractivity contribution in [2.45, 2.75) is 52.6 Å². The van der Waals surface area contributed by atoms with E-state index in [0.717, 1.165) is 25.9 Å². The SMILES string of the molecule is CCC(C(=O)C(C)(C)C)N1CCC(N)C1. The molecule has 3 nitrogen and oxygen atoms in total. The van der Waals surface area contributed by atoms with Gasteiger partial charge in [0.2, 0.25) is 0 Å². The minimum atomic E-state index is -0.243. The topological polar surface area (TPSA) is 46.3 Å². The van der Waals surface area contributed by atoms with Gasteiger partial charge in [-0.2, -0.15) is 0 Å². The van der Waals surface area contributed by atoms with Crippen LogP contribution >= 0.6 is 0 Å². The summed E-state index contributed by atoms with van der Waals surface area (Å²) in [5, 5.41) is 0. The third-order valence-electron chi connectivity index (χ3n) is 3.13. The zero-order chi connectivity index (χ0) is 11.6. The summed E-state index contributed by atoms with van der Waals surface area (Å²) < 4.78 is 0. The van der Waals surface area contributed by atoms with Crippen LogP contribution in [0.4, 0.5) is 0 Å². The van der Waals surface area contributed by atoms with E-state index in [4.69, 9.17) is 5.73 Å². The van der Waals surface area contributed by atoms with E-state index >= 15 is 0 Å². The predicted octanol–water partition coefficient (Wildman–Crippen LogP) is 1.41. The van der Waals surface area contributed by atoms with Crippen molar-refractivity contribution in [3.63, 3.8) is 0 Å². The van der Waals surface area contributed by atoms with Crippen molar-refractivity contribution in [2.75, 3.05) is 13.1 Å². The average Bonchev–Trinajstić information content (AvgIpc) is 2.51. The number of likely N-dealkylation sites (tertiary alicyclic amines) is 1. The highest BCUT2D eigenvalue weighted by Crippen LogP contribution is 2.23. The fourth-order valence-electron chi connectivity index (χ4n) is 2.21. The molecule has 1 heterocycles. The lowest BCUT2D eigenvalue weighted by Crippen LogP contribution is -2.45. The Kier molecular flexibility index (Phi) is 3.90. The fraction of sp³-hybridized carbons (Fsp3) is 0.917. The molecule has 0 aromatic heterocycles. The second kappa shape index (κ2) is 4.62. The molecule has 2 unspecified atom stereocenters. The van der Waals surface area contributed by atoms with Gasteiger partial charge in [-0.3, -0.25) is 9.69 Å². The average molecular weight is 212 g/mol. The Balaban J connectivity index is 2.67. The molecule has 0 radical (unpaired) electrons. The van der Waals surface area contributed by atoms with Gasteiger partial charge in [0.15, 0.2) is 5.78 Å². The predicted molar refractivity (Wildman–Crippen MR) is 62.7 cm³/mol. The molecular formula is C12H24N2O. The maximum absolute atomic E-state index is 12.2. The lowest BCUT2D eigenvalue weighted by molar-refractivity contribution is -0.131. The Labute approximate surface area is 93.0 Å². The van der Waals surface area contributed by atoms with Crippen LogP contribution < -0.4 is 5.73 Å². The number of nitrogens with two attached hydrogens (primary N) is 1. The van der Waals surface area contributed by atoms with Gasteiger partial charge in [0.25, 0.3) is 0 Å². The fourth-order valence-corrected chi connectivity index (χ4v) is 2.21. The molecule has 3 heteroatoms. The van der Waals surface area contributed by atoms with Gasteiger partial charge < -0.3 is 5.73 Å². The van der Waals surface area contributed by atoms with Crippen molar-refractivity contribution in [3.05, 3.63) is 0 Å². The number of ketones is 1. The number of hydrogen-bond acceptors (Lipinski definition) is 3. The first-order chi connectivity index (χ1) is 6.86. The molecular weight excluding hydrogens is 188 g/mol. The van der Waals surface area contributed by atoms with Gasteiger partial charge in [-0.15, -0.1) is 0 Å². The van der Waals surface area contributed by atoms with Crippen molar-refractivity contribution in [3.8, 4) is 0 Å². The zero-order valence-corrected chi connectivity index (χ0v) is 10.4. The van der Waals surface area contributed by atoms with E-state index in [1.807, 2.05) is 20.8 Å². The van der Waals surface area contributed by atoms with Crippen LogP contribution in [0.25, 0.3) is 0 Å². The molecule has 1 saturated heterocycles. The van der Waals surface area contributed by atoms with Crippen LogP contribution in [0, 0.1) is 5.41 Å². The van der Waals surface area contributed by atoms with Gasteiger partial charge in [0.1, 0.15) is 0 Å². The molecule has 1 fully saturated rings. The molecule has 0 bridgehead atoms. The van der Waals surface area contributed by atoms with Crippen molar-refractivity contribution in [1.82, 2.24) is 4.90 Å². The van der Waals surface area contributed by atoms with Crippen LogP contribution in [-0.2, 0) is 4.79 Å². The number of nitrogens with zero attached hydrogens (tertiary/aromatic N) is 1. The van der Waals surface area contributed by atoms with E-state index in [-0.39, 0.29) is 17.5 Å². The van der Waals surface area contributed by atoms with Gasteiger partial charge in [0, 0.05) is 24.5 Å². The van der Waals surface area contributed by atoms with Crippen LogP contribution in [0.1, 0.15) is 40.5 Å². The molecule has 0 saturated carbocycles. The van der Waals surface area contributed by atoms with Gasteiger partial charge in [-0.1, -0.05) is 27.7 Å². The molecule has 1 rings (SSSR count). The van der Waals surface area contributed by atoms with Gasteiger partial charge >= 0.3 is 0 Å². The molecule has 1 aliphatic heterocycles. The smallest absolute Gasteiger partial charge is 0.155 e. The van der Waals surface area contributed by atoms with E-state index < -0.39 is 0 Å². The maximum atomic E-state index is 12.2. The Hall–Kier alpha value is -0.410. The minimum Gasteiger partial charge on any atom is -0.326 e. The first kappa shape index (κ1) is 12.7. The summed E-state index contributed by atoms with van der Waals surface area (Å²) in [5.74, 6) is 0.346. The Morgan fingerprint density at radius 1 is 1.53 bits per heavy atom. The summed E-state index contributed by atoms with van der Waals surface area (Å²) in [6, 6.07) is 0.324. The number of carbonyl (C=O) groups is 1.